The van der Waals surface area contributed by atoms with Crippen LogP contribution in [0.2, 0.25) is 0 Å². The third kappa shape index (κ3) is 4.59. The number of hydrogen-bond acceptors (Lipinski definition) is 5. The van der Waals surface area contributed by atoms with Crippen molar-refractivity contribution in [3.05, 3.63) is 71.8 Å². The molecule has 3 heterocycles. The van der Waals surface area contributed by atoms with Gasteiger partial charge in [0.1, 0.15) is 0 Å². The molecule has 8 heteroatoms. The summed E-state index contributed by atoms with van der Waals surface area (Å²) in [6.45, 7) is 2.48. The molecule has 0 radical (unpaired) electrons. The number of alkyl halides is 3. The van der Waals surface area contributed by atoms with E-state index in [1.165, 1.54) is 12.1 Å². The molecule has 5 nitrogen and oxygen atoms in total. The number of benzene rings is 1. The molecular weight excluding hydrogens is 391 g/mol. The zero-order valence-electron chi connectivity index (χ0n) is 16.3. The Balaban J connectivity index is 1.60. The Morgan fingerprint density at radius 2 is 1.87 bits per heavy atom. The Kier molecular flexibility index (Phi) is 5.67. The molecule has 30 heavy (non-hydrogen) atoms. The molecule has 2 N–H and O–H groups in total. The van der Waals surface area contributed by atoms with E-state index in [9.17, 15) is 13.2 Å². The standard InChI is InChI=1S/C22H22F3N5/c23-22(24,25)17-8-6-15(7-9-17)19-12-28-21(26)29-20(19)16-4-3-11-30(13-16)14-18-5-1-2-10-27-18/h1-2,5-10,12,16H,3-4,11,13-14H2,(H2,26,28,29). The highest BCUT2D eigenvalue weighted by Gasteiger charge is 2.30. The second-order valence-corrected chi connectivity index (χ2v) is 7.50. The summed E-state index contributed by atoms with van der Waals surface area (Å²) in [6.07, 6.45) is 0.952. The zero-order chi connectivity index (χ0) is 21.1. The first kappa shape index (κ1) is 20.3. The van der Waals surface area contributed by atoms with E-state index in [0.29, 0.717) is 5.56 Å². The second kappa shape index (κ2) is 8.39. The quantitative estimate of drug-likeness (QED) is 0.681. The fraction of sp³-hybridized carbons (Fsp3) is 0.318. The number of aromatic nitrogens is 3. The fourth-order valence-corrected chi connectivity index (χ4v) is 3.92. The molecule has 156 valence electrons. The number of rotatable bonds is 4. The average molecular weight is 413 g/mol. The highest BCUT2D eigenvalue weighted by molar-refractivity contribution is 5.66. The van der Waals surface area contributed by atoms with E-state index in [4.69, 9.17) is 5.73 Å². The van der Waals surface area contributed by atoms with Crippen molar-refractivity contribution in [2.75, 3.05) is 18.8 Å². The van der Waals surface area contributed by atoms with E-state index < -0.39 is 11.7 Å². The minimum atomic E-state index is -4.37. The zero-order valence-corrected chi connectivity index (χ0v) is 16.3. The molecule has 1 saturated heterocycles. The van der Waals surface area contributed by atoms with E-state index >= 15 is 0 Å². The van der Waals surface area contributed by atoms with Crippen molar-refractivity contribution in [3.8, 4) is 11.1 Å². The van der Waals surface area contributed by atoms with Gasteiger partial charge in [-0.25, -0.2) is 9.97 Å². The fourth-order valence-electron chi connectivity index (χ4n) is 3.92. The van der Waals surface area contributed by atoms with Crippen LogP contribution in [0, 0.1) is 0 Å². The molecule has 2 aromatic heterocycles. The molecule has 1 aliphatic rings. The largest absolute Gasteiger partial charge is 0.416 e. The first-order valence-electron chi connectivity index (χ1n) is 9.82. The van der Waals surface area contributed by atoms with Crippen LogP contribution in [-0.4, -0.2) is 32.9 Å². The molecule has 3 aromatic rings. The van der Waals surface area contributed by atoms with Gasteiger partial charge in [-0.05, 0) is 49.2 Å². The lowest BCUT2D eigenvalue weighted by Gasteiger charge is -2.33. The van der Waals surface area contributed by atoms with Crippen LogP contribution in [0.5, 0.6) is 0 Å². The lowest BCUT2D eigenvalue weighted by atomic mass is 9.89. The molecule has 0 aliphatic carbocycles. The average Bonchev–Trinajstić information content (AvgIpc) is 2.74. The van der Waals surface area contributed by atoms with Gasteiger partial charge in [0.05, 0.1) is 17.0 Å². The van der Waals surface area contributed by atoms with Crippen molar-refractivity contribution in [3.63, 3.8) is 0 Å². The molecule has 1 unspecified atom stereocenters. The van der Waals surface area contributed by atoms with Gasteiger partial charge >= 0.3 is 6.18 Å². The van der Waals surface area contributed by atoms with Crippen molar-refractivity contribution < 1.29 is 13.2 Å². The van der Waals surface area contributed by atoms with Crippen LogP contribution in [0.4, 0.5) is 19.1 Å². The number of nitrogens with two attached hydrogens (primary N) is 1. The smallest absolute Gasteiger partial charge is 0.368 e. The van der Waals surface area contributed by atoms with Gasteiger partial charge in [-0.15, -0.1) is 0 Å². The first-order chi connectivity index (χ1) is 14.4. The van der Waals surface area contributed by atoms with Crippen LogP contribution >= 0.6 is 0 Å². The van der Waals surface area contributed by atoms with Crippen LogP contribution < -0.4 is 5.73 Å². The maximum atomic E-state index is 12.9. The summed E-state index contributed by atoms with van der Waals surface area (Å²) in [6, 6.07) is 11.0. The lowest BCUT2D eigenvalue weighted by molar-refractivity contribution is -0.137. The minimum Gasteiger partial charge on any atom is -0.368 e. The number of pyridine rings is 1. The summed E-state index contributed by atoms with van der Waals surface area (Å²) < 4.78 is 38.7. The summed E-state index contributed by atoms with van der Waals surface area (Å²) in [7, 11) is 0. The molecule has 1 aliphatic heterocycles. The van der Waals surface area contributed by atoms with E-state index in [1.54, 1.807) is 12.4 Å². The van der Waals surface area contributed by atoms with Crippen LogP contribution in [-0.2, 0) is 12.7 Å². The Hall–Kier alpha value is -3.00. The Morgan fingerprint density at radius 1 is 1.07 bits per heavy atom. The number of nitrogens with zero attached hydrogens (tertiary/aromatic N) is 4. The van der Waals surface area contributed by atoms with Gasteiger partial charge in [0, 0.05) is 37.0 Å². The Bertz CT molecular complexity index is 990. The molecule has 0 amide bonds. The van der Waals surface area contributed by atoms with E-state index in [1.807, 2.05) is 18.2 Å². The maximum absolute atomic E-state index is 12.9. The lowest BCUT2D eigenvalue weighted by Crippen LogP contribution is -2.34. The molecule has 0 spiro atoms. The van der Waals surface area contributed by atoms with Gasteiger partial charge in [0.15, 0.2) is 0 Å². The normalized spacial score (nSPS) is 17.8. The molecule has 1 atom stereocenters. The summed E-state index contributed by atoms with van der Waals surface area (Å²) in [5, 5.41) is 0. The van der Waals surface area contributed by atoms with Gasteiger partial charge in [0.2, 0.25) is 5.95 Å². The monoisotopic (exact) mass is 413 g/mol. The summed E-state index contributed by atoms with van der Waals surface area (Å²) >= 11 is 0. The number of halogens is 3. The molecule has 0 bridgehead atoms. The predicted octanol–water partition coefficient (Wildman–Crippen LogP) is 4.52. The first-order valence-corrected chi connectivity index (χ1v) is 9.82. The molecule has 0 saturated carbocycles. The number of hydrogen-bond donors (Lipinski definition) is 1. The van der Waals surface area contributed by atoms with Crippen LogP contribution in [0.25, 0.3) is 11.1 Å². The van der Waals surface area contributed by atoms with Gasteiger partial charge in [-0.3, -0.25) is 9.88 Å². The van der Waals surface area contributed by atoms with Gasteiger partial charge in [-0.2, -0.15) is 13.2 Å². The third-order valence-corrected chi connectivity index (χ3v) is 5.36. The molecular formula is C22H22F3N5. The Morgan fingerprint density at radius 3 is 2.57 bits per heavy atom. The Labute approximate surface area is 172 Å². The number of likely N-dealkylation sites (tertiary alicyclic amines) is 1. The van der Waals surface area contributed by atoms with Crippen molar-refractivity contribution >= 4 is 5.95 Å². The van der Waals surface area contributed by atoms with E-state index in [-0.39, 0.29) is 11.9 Å². The summed E-state index contributed by atoms with van der Waals surface area (Å²) in [4.78, 5) is 15.3. The predicted molar refractivity (Wildman–Crippen MR) is 108 cm³/mol. The van der Waals surface area contributed by atoms with Crippen LogP contribution in [0.1, 0.15) is 35.7 Å². The third-order valence-electron chi connectivity index (χ3n) is 5.36. The topological polar surface area (TPSA) is 67.9 Å². The van der Waals surface area contributed by atoms with Gasteiger partial charge in [0.25, 0.3) is 0 Å². The maximum Gasteiger partial charge on any atom is 0.416 e. The van der Waals surface area contributed by atoms with Crippen molar-refractivity contribution in [2.45, 2.75) is 31.5 Å². The van der Waals surface area contributed by atoms with E-state index in [0.717, 1.165) is 61.6 Å². The SMILES string of the molecule is Nc1ncc(-c2ccc(C(F)(F)F)cc2)c(C2CCCN(Cc3ccccn3)C2)n1. The molecule has 1 aromatic carbocycles. The highest BCUT2D eigenvalue weighted by Crippen LogP contribution is 2.35. The summed E-state index contributed by atoms with van der Waals surface area (Å²) in [5.41, 5.74) is 8.35. The molecule has 1 fully saturated rings. The number of piperidine rings is 1. The van der Waals surface area contributed by atoms with Crippen LogP contribution in [0.3, 0.4) is 0 Å². The molecule has 4 rings (SSSR count). The van der Waals surface area contributed by atoms with Crippen molar-refractivity contribution in [2.24, 2.45) is 0 Å². The minimum absolute atomic E-state index is 0.116. The number of anilines is 1. The number of nitrogen functional groups attached to an aromatic ring is 1. The van der Waals surface area contributed by atoms with E-state index in [2.05, 4.69) is 19.9 Å². The summed E-state index contributed by atoms with van der Waals surface area (Å²) in [5.74, 6) is 0.285. The van der Waals surface area contributed by atoms with Crippen molar-refractivity contribution in [1.29, 1.82) is 0 Å². The van der Waals surface area contributed by atoms with Gasteiger partial charge in [-0.1, -0.05) is 18.2 Å². The van der Waals surface area contributed by atoms with Crippen LogP contribution in [0.15, 0.2) is 54.9 Å². The second-order valence-electron chi connectivity index (χ2n) is 7.50. The highest BCUT2D eigenvalue weighted by atomic mass is 19.4. The van der Waals surface area contributed by atoms with Gasteiger partial charge < -0.3 is 5.73 Å². The van der Waals surface area contributed by atoms with Crippen molar-refractivity contribution in [1.82, 2.24) is 19.9 Å².